The summed E-state index contributed by atoms with van der Waals surface area (Å²) < 4.78 is 33.0. The number of benzene rings is 1. The monoisotopic (exact) mass is 384 g/mol. The van der Waals surface area contributed by atoms with Crippen LogP contribution in [0.4, 0.5) is 5.88 Å². The molecule has 0 atom stereocenters. The number of nitrogens with one attached hydrogen (secondary N) is 1. The van der Waals surface area contributed by atoms with Crippen LogP contribution < -0.4 is 4.72 Å². The van der Waals surface area contributed by atoms with Gasteiger partial charge in [-0.05, 0) is 33.6 Å². The van der Waals surface area contributed by atoms with E-state index in [0.29, 0.717) is 5.56 Å². The molecular formula is C13H9BrN2O3S2. The minimum absolute atomic E-state index is 0.103. The summed E-state index contributed by atoms with van der Waals surface area (Å²) in [5.74, 6) is 0.103. The number of rotatable bonds is 4. The highest BCUT2D eigenvalue weighted by atomic mass is 79.9. The zero-order valence-corrected chi connectivity index (χ0v) is 13.7. The Morgan fingerprint density at radius 1 is 1.14 bits per heavy atom. The number of hydrogen-bond acceptors (Lipinski definition) is 5. The van der Waals surface area contributed by atoms with Gasteiger partial charge in [0.2, 0.25) is 5.88 Å². The largest absolute Gasteiger partial charge is 0.337 e. The second-order valence-electron chi connectivity index (χ2n) is 4.10. The van der Waals surface area contributed by atoms with E-state index in [1.807, 2.05) is 30.3 Å². The fourth-order valence-corrected chi connectivity index (χ4v) is 4.76. The Morgan fingerprint density at radius 3 is 2.57 bits per heavy atom. The SMILES string of the molecule is O=S(=O)(Nc1oncc1-c1ccccc1)c1ccc(Br)s1. The van der Waals surface area contributed by atoms with Gasteiger partial charge in [-0.15, -0.1) is 11.3 Å². The normalized spacial score (nSPS) is 11.5. The molecule has 2 heterocycles. The zero-order valence-electron chi connectivity index (χ0n) is 10.5. The lowest BCUT2D eigenvalue weighted by molar-refractivity contribution is 0.436. The summed E-state index contributed by atoms with van der Waals surface area (Å²) in [6.45, 7) is 0. The quantitative estimate of drug-likeness (QED) is 0.738. The first-order valence-corrected chi connectivity index (χ1v) is 8.94. The van der Waals surface area contributed by atoms with E-state index in [9.17, 15) is 8.42 Å². The van der Waals surface area contributed by atoms with Crippen molar-refractivity contribution in [3.05, 3.63) is 52.4 Å². The van der Waals surface area contributed by atoms with Gasteiger partial charge >= 0.3 is 0 Å². The lowest BCUT2D eigenvalue weighted by atomic mass is 10.1. The Morgan fingerprint density at radius 2 is 1.90 bits per heavy atom. The molecule has 0 amide bonds. The Kier molecular flexibility index (Phi) is 3.83. The average Bonchev–Trinajstić information content (AvgIpc) is 3.09. The van der Waals surface area contributed by atoms with Gasteiger partial charge in [0, 0.05) is 0 Å². The lowest BCUT2D eigenvalue weighted by Crippen LogP contribution is -2.11. The van der Waals surface area contributed by atoms with Gasteiger partial charge in [0.25, 0.3) is 10.0 Å². The van der Waals surface area contributed by atoms with Crippen molar-refractivity contribution in [1.82, 2.24) is 5.16 Å². The number of hydrogen-bond donors (Lipinski definition) is 1. The van der Waals surface area contributed by atoms with Crippen LogP contribution in [0.25, 0.3) is 11.1 Å². The second-order valence-corrected chi connectivity index (χ2v) is 8.47. The number of thiophene rings is 1. The van der Waals surface area contributed by atoms with Crippen LogP contribution in [0, 0.1) is 0 Å². The van der Waals surface area contributed by atoms with Crippen LogP contribution in [0.5, 0.6) is 0 Å². The third-order valence-electron chi connectivity index (χ3n) is 2.70. The third kappa shape index (κ3) is 3.02. The van der Waals surface area contributed by atoms with Gasteiger partial charge in [-0.1, -0.05) is 35.5 Å². The maximum Gasteiger partial charge on any atom is 0.273 e. The third-order valence-corrected chi connectivity index (χ3v) is 6.14. The first kappa shape index (κ1) is 14.3. The summed E-state index contributed by atoms with van der Waals surface area (Å²) in [4.78, 5) is 0. The van der Waals surface area contributed by atoms with Crippen molar-refractivity contribution in [2.24, 2.45) is 0 Å². The second kappa shape index (κ2) is 5.63. The van der Waals surface area contributed by atoms with Gasteiger partial charge < -0.3 is 4.52 Å². The molecule has 0 aliphatic heterocycles. The number of sulfonamides is 1. The number of aromatic nitrogens is 1. The van der Waals surface area contributed by atoms with Crippen molar-refractivity contribution in [3.8, 4) is 11.1 Å². The predicted molar refractivity (Wildman–Crippen MR) is 84.8 cm³/mol. The van der Waals surface area contributed by atoms with Crippen LogP contribution in [0.2, 0.25) is 0 Å². The fourth-order valence-electron chi connectivity index (χ4n) is 1.75. The van der Waals surface area contributed by atoms with E-state index in [-0.39, 0.29) is 10.1 Å². The minimum Gasteiger partial charge on any atom is -0.337 e. The highest BCUT2D eigenvalue weighted by molar-refractivity contribution is 9.11. The summed E-state index contributed by atoms with van der Waals surface area (Å²) in [5.41, 5.74) is 1.42. The first-order valence-electron chi connectivity index (χ1n) is 5.84. The van der Waals surface area contributed by atoms with E-state index in [1.54, 1.807) is 6.07 Å². The van der Waals surface area contributed by atoms with Crippen molar-refractivity contribution in [2.75, 3.05) is 4.72 Å². The maximum atomic E-state index is 12.3. The number of halogens is 1. The molecule has 1 aromatic carbocycles. The summed E-state index contributed by atoms with van der Waals surface area (Å²) >= 11 is 4.37. The molecule has 3 rings (SSSR count). The summed E-state index contributed by atoms with van der Waals surface area (Å²) in [6, 6.07) is 12.5. The van der Waals surface area contributed by atoms with Gasteiger partial charge in [0.05, 0.1) is 15.5 Å². The Hall–Kier alpha value is -1.64. The van der Waals surface area contributed by atoms with E-state index in [2.05, 4.69) is 25.8 Å². The summed E-state index contributed by atoms with van der Waals surface area (Å²) in [5, 5.41) is 3.67. The van der Waals surface area contributed by atoms with Gasteiger partial charge in [0.1, 0.15) is 4.21 Å². The Labute approximate surface area is 133 Å². The highest BCUT2D eigenvalue weighted by Crippen LogP contribution is 2.31. The molecule has 8 heteroatoms. The van der Waals surface area contributed by atoms with Gasteiger partial charge in [-0.2, -0.15) is 0 Å². The molecule has 0 saturated heterocycles. The Balaban J connectivity index is 1.95. The molecule has 108 valence electrons. The number of anilines is 1. The molecule has 0 aliphatic rings. The van der Waals surface area contributed by atoms with E-state index in [1.165, 1.54) is 12.3 Å². The zero-order chi connectivity index (χ0) is 14.9. The van der Waals surface area contributed by atoms with Crippen molar-refractivity contribution in [3.63, 3.8) is 0 Å². The van der Waals surface area contributed by atoms with Gasteiger partial charge in [0.15, 0.2) is 0 Å². The van der Waals surface area contributed by atoms with Crippen molar-refractivity contribution in [2.45, 2.75) is 4.21 Å². The molecule has 0 spiro atoms. The molecule has 5 nitrogen and oxygen atoms in total. The van der Waals surface area contributed by atoms with Crippen LogP contribution in [0.1, 0.15) is 0 Å². The van der Waals surface area contributed by atoms with Crippen LogP contribution in [0.15, 0.2) is 61.2 Å². The van der Waals surface area contributed by atoms with Crippen LogP contribution >= 0.6 is 27.3 Å². The maximum absolute atomic E-state index is 12.3. The van der Waals surface area contributed by atoms with Crippen LogP contribution in [0.3, 0.4) is 0 Å². The molecule has 0 aliphatic carbocycles. The average molecular weight is 385 g/mol. The highest BCUT2D eigenvalue weighted by Gasteiger charge is 2.21. The Bertz CT molecular complexity index is 856. The predicted octanol–water partition coefficient (Wildman–Crippen LogP) is 3.97. The van der Waals surface area contributed by atoms with Crippen LogP contribution in [-0.4, -0.2) is 13.6 Å². The molecule has 2 aromatic heterocycles. The molecule has 0 bridgehead atoms. The molecule has 0 radical (unpaired) electrons. The minimum atomic E-state index is -3.69. The van der Waals surface area contributed by atoms with Gasteiger partial charge in [-0.3, -0.25) is 0 Å². The van der Waals surface area contributed by atoms with Crippen LogP contribution in [-0.2, 0) is 10.0 Å². The topological polar surface area (TPSA) is 72.2 Å². The first-order chi connectivity index (χ1) is 10.1. The fraction of sp³-hybridized carbons (Fsp3) is 0. The molecule has 3 aromatic rings. The summed E-state index contributed by atoms with van der Waals surface area (Å²) in [7, 11) is -3.69. The van der Waals surface area contributed by atoms with Crippen molar-refractivity contribution < 1.29 is 12.9 Å². The molecule has 0 unspecified atom stereocenters. The smallest absolute Gasteiger partial charge is 0.273 e. The lowest BCUT2D eigenvalue weighted by Gasteiger charge is -2.04. The van der Waals surface area contributed by atoms with Crippen molar-refractivity contribution in [1.29, 1.82) is 0 Å². The van der Waals surface area contributed by atoms with E-state index in [0.717, 1.165) is 20.7 Å². The molecule has 0 saturated carbocycles. The van der Waals surface area contributed by atoms with Gasteiger partial charge in [-0.25, -0.2) is 13.1 Å². The summed E-state index contributed by atoms with van der Waals surface area (Å²) in [6.07, 6.45) is 1.48. The molecule has 0 fully saturated rings. The molecule has 1 N–H and O–H groups in total. The van der Waals surface area contributed by atoms with E-state index >= 15 is 0 Å². The molecular weight excluding hydrogens is 376 g/mol. The van der Waals surface area contributed by atoms with E-state index in [4.69, 9.17) is 4.52 Å². The molecule has 21 heavy (non-hydrogen) atoms. The standard InChI is InChI=1S/C13H9BrN2O3S2/c14-11-6-7-12(20-11)21(17,18)16-13-10(8-15-19-13)9-4-2-1-3-5-9/h1-8,16H. The number of nitrogens with zero attached hydrogens (tertiary/aromatic N) is 1. The van der Waals surface area contributed by atoms with E-state index < -0.39 is 10.0 Å². The van der Waals surface area contributed by atoms with Crippen molar-refractivity contribution >= 4 is 43.2 Å².